The lowest BCUT2D eigenvalue weighted by atomic mass is 9.57. The van der Waals surface area contributed by atoms with E-state index in [0.29, 0.717) is 37.8 Å². The Hall–Kier alpha value is -4.02. The summed E-state index contributed by atoms with van der Waals surface area (Å²) in [6, 6.07) is 11.9. The van der Waals surface area contributed by atoms with Crippen LogP contribution in [0, 0.1) is 5.92 Å². The number of quaternary nitrogens is 1. The van der Waals surface area contributed by atoms with Crippen molar-refractivity contribution < 1.29 is 29.8 Å². The first kappa shape index (κ1) is 32.2. The Morgan fingerprint density at radius 2 is 2.10 bits per heavy atom. The van der Waals surface area contributed by atoms with Crippen molar-refractivity contribution in [1.29, 1.82) is 0 Å². The zero-order chi connectivity index (χ0) is 33.9. The molecule has 1 fully saturated rings. The molecule has 0 spiro atoms. The summed E-state index contributed by atoms with van der Waals surface area (Å²) in [4.78, 5) is 18.6. The van der Waals surface area contributed by atoms with Gasteiger partial charge in [0.15, 0.2) is 11.5 Å². The minimum Gasteiger partial charge on any atom is -0.504 e. The maximum Gasteiger partial charge on any atom is 0.227 e. The van der Waals surface area contributed by atoms with Gasteiger partial charge in [0.25, 0.3) is 0 Å². The van der Waals surface area contributed by atoms with Gasteiger partial charge in [-0.25, -0.2) is 0 Å². The molecule has 3 aliphatic heterocycles. The number of ketones is 1. The summed E-state index contributed by atoms with van der Waals surface area (Å²) in [5.41, 5.74) is 19.1. The Morgan fingerprint density at radius 3 is 2.96 bits per heavy atom. The van der Waals surface area contributed by atoms with Crippen LogP contribution in [0.2, 0.25) is 0 Å². The average Bonchev–Trinajstić information content (AvgIpc) is 3.87. The number of benzene rings is 2. The molecular weight excluding hydrogens is 616 g/mol. The molecule has 0 amide bonds. The Morgan fingerprint density at radius 1 is 1.22 bits per heavy atom. The SMILES string of the molecule is CCC[C@H](O)C[C@@H](O)CC(=O)CCc1ccc(O)c(OC[NH+]2C=C3C([C@@]45CCC[C@@H]4C4=C6C(=CC4)N[C@@H](N)c4cccc5c46)=CN=C3C2)c1. The molecule has 1 saturated carbocycles. The number of nitrogens with one attached hydrogen (secondary N) is 2. The number of carbonyl (C=O) groups excluding carboxylic acids is 1. The van der Waals surface area contributed by atoms with E-state index in [1.54, 1.807) is 23.8 Å². The predicted molar refractivity (Wildman–Crippen MR) is 188 cm³/mol. The second-order valence-corrected chi connectivity index (χ2v) is 14.7. The Balaban J connectivity index is 0.962. The number of hydrogen-bond acceptors (Lipinski definition) is 8. The second kappa shape index (κ2) is 12.7. The number of hydrogen-bond donors (Lipinski definition) is 6. The molecular formula is C40H47N4O5+. The van der Waals surface area contributed by atoms with Gasteiger partial charge in [-0.2, -0.15) is 0 Å². The van der Waals surface area contributed by atoms with Gasteiger partial charge in [0.05, 0.1) is 17.8 Å². The topological polar surface area (TPSA) is 142 Å². The smallest absolute Gasteiger partial charge is 0.227 e. The number of Topliss-reactive ketones (excluding diaryl/α,β-unsaturated/α-hetero) is 1. The van der Waals surface area contributed by atoms with Crippen LogP contribution in [0.25, 0.3) is 5.57 Å². The molecule has 0 saturated heterocycles. The lowest BCUT2D eigenvalue weighted by Crippen LogP contribution is -3.07. The monoisotopic (exact) mass is 663 g/mol. The first-order valence-corrected chi connectivity index (χ1v) is 18.0. The van der Waals surface area contributed by atoms with Crippen molar-refractivity contribution in [3.05, 3.63) is 99.5 Å². The number of aliphatic imine (C=N–C) groups is 1. The van der Waals surface area contributed by atoms with Crippen molar-refractivity contribution in [1.82, 2.24) is 5.32 Å². The molecule has 7 N–H and O–H groups in total. The molecule has 9 heteroatoms. The number of phenolic OH excluding ortho intramolecular Hbond substituents is 1. The molecule has 2 aromatic carbocycles. The first-order chi connectivity index (χ1) is 23.8. The molecule has 6 atom stereocenters. The van der Waals surface area contributed by atoms with E-state index in [1.165, 1.54) is 51.9 Å². The van der Waals surface area contributed by atoms with Crippen LogP contribution in [0.1, 0.15) is 93.1 Å². The molecule has 2 aromatic rings. The normalized spacial score (nSPS) is 27.0. The second-order valence-electron chi connectivity index (χ2n) is 14.7. The molecule has 9 nitrogen and oxygen atoms in total. The fourth-order valence-corrected chi connectivity index (χ4v) is 9.48. The highest BCUT2D eigenvalue weighted by Gasteiger charge is 2.57. The van der Waals surface area contributed by atoms with Gasteiger partial charge in [-0.3, -0.25) is 14.7 Å². The van der Waals surface area contributed by atoms with E-state index in [0.717, 1.165) is 35.4 Å². The number of fused-ring (bicyclic) bond motifs is 4. The summed E-state index contributed by atoms with van der Waals surface area (Å²) in [5, 5.41) is 34.3. The zero-order valence-electron chi connectivity index (χ0n) is 28.2. The number of aromatic hydroxyl groups is 1. The van der Waals surface area contributed by atoms with Gasteiger partial charge in [0.1, 0.15) is 30.4 Å². The number of nitrogens with two attached hydrogens (primary N) is 1. The number of nitrogens with zero attached hydrogens (tertiary/aromatic N) is 1. The fraction of sp³-hybridized carbons (Fsp3) is 0.450. The summed E-state index contributed by atoms with van der Waals surface area (Å²) in [7, 11) is 0. The Labute approximate surface area is 287 Å². The highest BCUT2D eigenvalue weighted by Crippen LogP contribution is 2.64. The molecule has 3 heterocycles. The summed E-state index contributed by atoms with van der Waals surface area (Å²) >= 11 is 0. The summed E-state index contributed by atoms with van der Waals surface area (Å²) in [6.07, 6.45) is 11.9. The molecule has 49 heavy (non-hydrogen) atoms. The van der Waals surface area contributed by atoms with Crippen molar-refractivity contribution in [3.8, 4) is 11.5 Å². The minimum atomic E-state index is -0.835. The number of ether oxygens (including phenoxy) is 1. The summed E-state index contributed by atoms with van der Waals surface area (Å²) < 4.78 is 6.20. The number of aliphatic hydroxyl groups excluding tert-OH is 2. The predicted octanol–water partition coefficient (Wildman–Crippen LogP) is 4.01. The number of rotatable bonds is 13. The van der Waals surface area contributed by atoms with Crippen molar-refractivity contribution in [2.24, 2.45) is 16.6 Å². The Kier molecular flexibility index (Phi) is 8.35. The van der Waals surface area contributed by atoms with Crippen LogP contribution in [-0.4, -0.2) is 52.3 Å². The number of aliphatic hydroxyl groups is 2. The van der Waals surface area contributed by atoms with E-state index in [-0.39, 0.29) is 42.4 Å². The summed E-state index contributed by atoms with van der Waals surface area (Å²) in [6.45, 7) is 3.02. The summed E-state index contributed by atoms with van der Waals surface area (Å²) in [5.74, 6) is 0.829. The third kappa shape index (κ3) is 5.48. The quantitative estimate of drug-likeness (QED) is 0.190. The van der Waals surface area contributed by atoms with E-state index in [9.17, 15) is 20.1 Å². The van der Waals surface area contributed by atoms with Crippen LogP contribution in [0.5, 0.6) is 11.5 Å². The molecule has 1 unspecified atom stereocenters. The minimum absolute atomic E-state index is 0.0335. The number of aryl methyl sites for hydroxylation is 1. The van der Waals surface area contributed by atoms with Gasteiger partial charge in [-0.1, -0.05) is 55.7 Å². The van der Waals surface area contributed by atoms with Crippen LogP contribution < -0.4 is 20.7 Å². The van der Waals surface area contributed by atoms with Crippen molar-refractivity contribution >= 4 is 17.1 Å². The average molecular weight is 664 g/mol. The van der Waals surface area contributed by atoms with E-state index >= 15 is 0 Å². The lowest BCUT2D eigenvalue weighted by molar-refractivity contribution is -0.851. The Bertz CT molecular complexity index is 1860. The standard InChI is InChI=1S/C40H46N4O5/c1-2-5-24(45)17-26(47)18-25(46)11-9-23-10-14-35(48)36(16-23)49-22-44-20-29-32(19-42-34(29)21-44)40-15-4-8-30(40)27-12-13-33-38(27)37-28(39(41)43-33)6-3-7-31(37)40/h3,6-7,10,13-14,16,19-20,24,26,30,39,43,45,47-48H,2,4-5,8-9,11-12,15,17-18,21-22,41H2,1H3/p+1/t24-,26+,30+,39+,40-/m0/s1. The van der Waals surface area contributed by atoms with Crippen molar-refractivity contribution in [2.75, 3.05) is 13.3 Å². The molecule has 8 rings (SSSR count). The van der Waals surface area contributed by atoms with Gasteiger partial charge in [-0.05, 0) is 84.4 Å². The van der Waals surface area contributed by atoms with Gasteiger partial charge >= 0.3 is 0 Å². The van der Waals surface area contributed by atoms with Gasteiger partial charge in [0, 0.05) is 35.7 Å². The maximum absolute atomic E-state index is 12.5. The zero-order valence-corrected chi connectivity index (χ0v) is 28.2. The third-order valence-corrected chi connectivity index (χ3v) is 11.6. The first-order valence-electron chi connectivity index (χ1n) is 18.0. The molecule has 256 valence electrons. The molecule has 0 aromatic heterocycles. The van der Waals surface area contributed by atoms with Gasteiger partial charge in [0.2, 0.25) is 6.73 Å². The molecule has 3 aliphatic carbocycles. The fourth-order valence-electron chi connectivity index (χ4n) is 9.48. The van der Waals surface area contributed by atoms with E-state index in [4.69, 9.17) is 15.5 Å². The molecule has 0 radical (unpaired) electrons. The van der Waals surface area contributed by atoms with Gasteiger partial charge in [-0.15, -0.1) is 0 Å². The van der Waals surface area contributed by atoms with Crippen LogP contribution in [0.3, 0.4) is 0 Å². The largest absolute Gasteiger partial charge is 0.504 e. The number of phenols is 1. The van der Waals surface area contributed by atoms with Crippen molar-refractivity contribution in [3.63, 3.8) is 0 Å². The van der Waals surface area contributed by atoms with Crippen LogP contribution in [0.4, 0.5) is 0 Å². The van der Waals surface area contributed by atoms with Crippen LogP contribution in [0.15, 0.2) is 82.3 Å². The van der Waals surface area contributed by atoms with Gasteiger partial charge < -0.3 is 31.1 Å². The van der Waals surface area contributed by atoms with E-state index in [1.807, 2.05) is 6.92 Å². The number of carbonyl (C=O) groups is 1. The van der Waals surface area contributed by atoms with Crippen molar-refractivity contribution in [2.45, 2.75) is 94.9 Å². The third-order valence-electron chi connectivity index (χ3n) is 11.6. The van der Waals surface area contributed by atoms with Crippen LogP contribution in [-0.2, 0) is 16.6 Å². The molecule has 6 aliphatic rings. The highest BCUT2D eigenvalue weighted by molar-refractivity contribution is 6.09. The van der Waals surface area contributed by atoms with E-state index < -0.39 is 12.2 Å². The number of allylic oxidation sites excluding steroid dienone is 4. The maximum atomic E-state index is 12.5. The molecule has 0 bridgehead atoms. The van der Waals surface area contributed by atoms with Crippen LogP contribution >= 0.6 is 0 Å². The highest BCUT2D eigenvalue weighted by atomic mass is 16.5. The van der Waals surface area contributed by atoms with E-state index in [2.05, 4.69) is 42.0 Å². The lowest BCUT2D eigenvalue weighted by Gasteiger charge is -2.46.